The summed E-state index contributed by atoms with van der Waals surface area (Å²) in [7, 11) is -2.12. The SMILES string of the molecule is COC(C)(C)CNS(=O)(=O)c1cnc(Cl)nc1. The molecule has 0 fully saturated rings. The summed E-state index contributed by atoms with van der Waals surface area (Å²) in [6.45, 7) is 3.69. The zero-order valence-electron chi connectivity index (χ0n) is 9.77. The number of ether oxygens (including phenoxy) is 1. The Morgan fingerprint density at radius 1 is 1.41 bits per heavy atom. The molecule has 1 aromatic rings. The van der Waals surface area contributed by atoms with Crippen molar-refractivity contribution >= 4 is 21.6 Å². The third-order valence-corrected chi connectivity index (χ3v) is 3.70. The Hall–Kier alpha value is -0.760. The van der Waals surface area contributed by atoms with Crippen molar-refractivity contribution < 1.29 is 13.2 Å². The van der Waals surface area contributed by atoms with E-state index in [2.05, 4.69) is 14.7 Å². The first kappa shape index (κ1) is 14.3. The van der Waals surface area contributed by atoms with Gasteiger partial charge in [-0.3, -0.25) is 0 Å². The molecule has 6 nitrogen and oxygen atoms in total. The van der Waals surface area contributed by atoms with Gasteiger partial charge in [0.2, 0.25) is 15.3 Å². The van der Waals surface area contributed by atoms with Crippen molar-refractivity contribution in [2.75, 3.05) is 13.7 Å². The Labute approximate surface area is 105 Å². The summed E-state index contributed by atoms with van der Waals surface area (Å²) < 4.78 is 31.2. The van der Waals surface area contributed by atoms with Crippen LogP contribution < -0.4 is 4.72 Å². The predicted octanol–water partition coefficient (Wildman–Crippen LogP) is 0.833. The molecule has 0 saturated carbocycles. The number of hydrogen-bond acceptors (Lipinski definition) is 5. The maximum Gasteiger partial charge on any atom is 0.243 e. The second-order valence-corrected chi connectivity index (χ2v) is 6.08. The van der Waals surface area contributed by atoms with Crippen LogP contribution in [0.1, 0.15) is 13.8 Å². The quantitative estimate of drug-likeness (QED) is 0.808. The van der Waals surface area contributed by atoms with Crippen LogP contribution in [0.2, 0.25) is 5.28 Å². The van der Waals surface area contributed by atoms with E-state index in [9.17, 15) is 8.42 Å². The van der Waals surface area contributed by atoms with E-state index in [4.69, 9.17) is 16.3 Å². The second-order valence-electron chi connectivity index (χ2n) is 3.98. The van der Waals surface area contributed by atoms with Crippen LogP contribution in [0.25, 0.3) is 0 Å². The molecule has 1 N–H and O–H groups in total. The molecule has 96 valence electrons. The van der Waals surface area contributed by atoms with Crippen LogP contribution in [0.4, 0.5) is 0 Å². The van der Waals surface area contributed by atoms with Crippen LogP contribution in [0, 0.1) is 0 Å². The molecule has 1 heterocycles. The van der Waals surface area contributed by atoms with Crippen molar-refractivity contribution in [1.29, 1.82) is 0 Å². The van der Waals surface area contributed by atoms with Gasteiger partial charge in [0, 0.05) is 13.7 Å². The average Bonchev–Trinajstić information content (AvgIpc) is 2.27. The maximum atomic E-state index is 11.8. The Bertz CT molecular complexity index is 473. The average molecular weight is 280 g/mol. The fourth-order valence-electron chi connectivity index (χ4n) is 0.864. The third kappa shape index (κ3) is 4.19. The van der Waals surface area contributed by atoms with E-state index in [1.165, 1.54) is 7.11 Å². The molecular formula is C9H14ClN3O3S. The molecular weight excluding hydrogens is 266 g/mol. The Balaban J connectivity index is 2.79. The molecule has 0 atom stereocenters. The second kappa shape index (κ2) is 5.26. The fourth-order valence-corrected chi connectivity index (χ4v) is 2.05. The molecule has 17 heavy (non-hydrogen) atoms. The van der Waals surface area contributed by atoms with E-state index in [0.717, 1.165) is 12.4 Å². The lowest BCUT2D eigenvalue weighted by Crippen LogP contribution is -2.39. The smallest absolute Gasteiger partial charge is 0.243 e. The minimum Gasteiger partial charge on any atom is -0.377 e. The van der Waals surface area contributed by atoms with Crippen molar-refractivity contribution in [2.24, 2.45) is 0 Å². The molecule has 0 saturated heterocycles. The monoisotopic (exact) mass is 279 g/mol. The van der Waals surface area contributed by atoms with Gasteiger partial charge in [-0.05, 0) is 25.4 Å². The number of methoxy groups -OCH3 is 1. The van der Waals surface area contributed by atoms with Gasteiger partial charge in [0.1, 0.15) is 4.90 Å². The summed E-state index contributed by atoms with van der Waals surface area (Å²) in [5.41, 5.74) is -0.583. The standard InChI is InChI=1S/C9H14ClN3O3S/c1-9(2,16-3)6-13-17(14,15)7-4-11-8(10)12-5-7/h4-5,13H,6H2,1-3H3. The van der Waals surface area contributed by atoms with E-state index >= 15 is 0 Å². The number of halogens is 1. The number of rotatable bonds is 5. The van der Waals surface area contributed by atoms with Gasteiger partial charge in [0.05, 0.1) is 18.0 Å². The van der Waals surface area contributed by atoms with Gasteiger partial charge in [0.15, 0.2) is 0 Å². The first-order chi connectivity index (χ1) is 7.77. The molecule has 8 heteroatoms. The van der Waals surface area contributed by atoms with Crippen molar-refractivity contribution in [2.45, 2.75) is 24.3 Å². The molecule has 0 radical (unpaired) electrons. The zero-order valence-corrected chi connectivity index (χ0v) is 11.3. The maximum absolute atomic E-state index is 11.8. The molecule has 0 spiro atoms. The molecule has 1 aromatic heterocycles. The summed E-state index contributed by atoms with van der Waals surface area (Å²) in [5.74, 6) is 0. The predicted molar refractivity (Wildman–Crippen MR) is 63.3 cm³/mol. The lowest BCUT2D eigenvalue weighted by Gasteiger charge is -2.22. The van der Waals surface area contributed by atoms with E-state index < -0.39 is 15.6 Å². The number of nitrogens with zero attached hydrogens (tertiary/aromatic N) is 2. The van der Waals surface area contributed by atoms with Crippen LogP contribution >= 0.6 is 11.6 Å². The minimum absolute atomic E-state index is 0.00108. The first-order valence-corrected chi connectivity index (χ1v) is 6.65. The number of nitrogens with one attached hydrogen (secondary N) is 1. The molecule has 0 aliphatic rings. The summed E-state index contributed by atoms with van der Waals surface area (Å²) in [6, 6.07) is 0. The highest BCUT2D eigenvalue weighted by molar-refractivity contribution is 7.89. The Kier molecular flexibility index (Phi) is 4.42. The first-order valence-electron chi connectivity index (χ1n) is 4.79. The van der Waals surface area contributed by atoms with Gasteiger partial charge >= 0.3 is 0 Å². The van der Waals surface area contributed by atoms with Gasteiger partial charge in [0.25, 0.3) is 0 Å². The highest BCUT2D eigenvalue weighted by Gasteiger charge is 2.22. The summed E-state index contributed by atoms with van der Waals surface area (Å²) in [4.78, 5) is 7.19. The summed E-state index contributed by atoms with van der Waals surface area (Å²) >= 11 is 5.48. The van der Waals surface area contributed by atoms with Crippen molar-refractivity contribution in [1.82, 2.24) is 14.7 Å². The highest BCUT2D eigenvalue weighted by atomic mass is 35.5. The van der Waals surface area contributed by atoms with E-state index in [1.54, 1.807) is 13.8 Å². The van der Waals surface area contributed by atoms with Crippen LogP contribution in [0.5, 0.6) is 0 Å². The largest absolute Gasteiger partial charge is 0.377 e. The van der Waals surface area contributed by atoms with Gasteiger partial charge in [-0.15, -0.1) is 0 Å². The van der Waals surface area contributed by atoms with Crippen LogP contribution in [0.15, 0.2) is 17.3 Å². The molecule has 0 bridgehead atoms. The lowest BCUT2D eigenvalue weighted by atomic mass is 10.1. The molecule has 1 rings (SSSR count). The minimum atomic E-state index is -3.63. The Morgan fingerprint density at radius 3 is 2.41 bits per heavy atom. The van der Waals surface area contributed by atoms with Gasteiger partial charge < -0.3 is 4.74 Å². The highest BCUT2D eigenvalue weighted by Crippen LogP contribution is 2.10. The van der Waals surface area contributed by atoms with E-state index in [1.807, 2.05) is 0 Å². The van der Waals surface area contributed by atoms with Gasteiger partial charge in [-0.2, -0.15) is 0 Å². The van der Waals surface area contributed by atoms with E-state index in [-0.39, 0.29) is 16.7 Å². The van der Waals surface area contributed by atoms with Crippen LogP contribution in [-0.2, 0) is 14.8 Å². The molecule has 0 aromatic carbocycles. The summed E-state index contributed by atoms with van der Waals surface area (Å²) in [5, 5.41) is 0.00108. The number of aromatic nitrogens is 2. The molecule has 0 amide bonds. The lowest BCUT2D eigenvalue weighted by molar-refractivity contribution is 0.0276. The van der Waals surface area contributed by atoms with Crippen molar-refractivity contribution in [3.63, 3.8) is 0 Å². The third-order valence-electron chi connectivity index (χ3n) is 2.15. The molecule has 0 unspecified atom stereocenters. The van der Waals surface area contributed by atoms with Crippen LogP contribution in [0.3, 0.4) is 0 Å². The Morgan fingerprint density at radius 2 is 1.94 bits per heavy atom. The number of sulfonamides is 1. The van der Waals surface area contributed by atoms with Gasteiger partial charge in [-0.1, -0.05) is 0 Å². The van der Waals surface area contributed by atoms with Crippen molar-refractivity contribution in [3.8, 4) is 0 Å². The molecule has 0 aliphatic heterocycles. The fraction of sp³-hybridized carbons (Fsp3) is 0.556. The normalized spacial score (nSPS) is 12.7. The molecule has 0 aliphatic carbocycles. The summed E-state index contributed by atoms with van der Waals surface area (Å²) in [6.07, 6.45) is 2.30. The van der Waals surface area contributed by atoms with Crippen molar-refractivity contribution in [3.05, 3.63) is 17.7 Å². The number of hydrogen-bond donors (Lipinski definition) is 1. The zero-order chi connectivity index (χ0) is 13.1. The van der Waals surface area contributed by atoms with Crippen LogP contribution in [-0.4, -0.2) is 37.6 Å². The van der Waals surface area contributed by atoms with Gasteiger partial charge in [-0.25, -0.2) is 23.1 Å². The van der Waals surface area contributed by atoms with E-state index in [0.29, 0.717) is 0 Å². The topological polar surface area (TPSA) is 81.2 Å².